The molecule has 0 fully saturated rings. The molecule has 0 aliphatic carbocycles. The average Bonchev–Trinajstić information content (AvgIpc) is 2.47. The van der Waals surface area contributed by atoms with Gasteiger partial charge in [-0.2, -0.15) is 15.0 Å². The molecule has 0 saturated heterocycles. The van der Waals surface area contributed by atoms with Crippen molar-refractivity contribution in [2.45, 2.75) is 17.0 Å². The van der Waals surface area contributed by atoms with Gasteiger partial charge in [0.15, 0.2) is 0 Å². The first-order chi connectivity index (χ1) is 9.75. The van der Waals surface area contributed by atoms with Gasteiger partial charge in [-0.3, -0.25) is 5.43 Å². The summed E-state index contributed by atoms with van der Waals surface area (Å²) in [4.78, 5) is 13.3. The van der Waals surface area contributed by atoms with Crippen molar-refractivity contribution in [2.75, 3.05) is 19.1 Å². The number of rotatable bonds is 6. The van der Waals surface area contributed by atoms with Gasteiger partial charge >= 0.3 is 6.01 Å². The Morgan fingerprint density at radius 3 is 2.85 bits per heavy atom. The molecule has 106 valence electrons. The van der Waals surface area contributed by atoms with Gasteiger partial charge in [0, 0.05) is 4.90 Å². The zero-order chi connectivity index (χ0) is 14.4. The number of methoxy groups -OCH3 is 1. The maximum atomic E-state index is 5.34. The average molecular weight is 293 g/mol. The lowest BCUT2D eigenvalue weighted by Crippen LogP contribution is -2.12. The first-order valence-corrected chi connectivity index (χ1v) is 6.74. The molecule has 20 heavy (non-hydrogen) atoms. The first kappa shape index (κ1) is 14.4. The fourth-order valence-corrected chi connectivity index (χ4v) is 2.20. The van der Waals surface area contributed by atoms with Crippen LogP contribution in [0.25, 0.3) is 0 Å². The second-order valence-corrected chi connectivity index (χ2v) is 4.62. The summed E-state index contributed by atoms with van der Waals surface area (Å²) in [5.41, 5.74) is 2.39. The number of nitrogens with two attached hydrogens (primary N) is 1. The number of anilines is 1. The molecule has 0 unspecified atom stereocenters. The molecule has 0 saturated carbocycles. The van der Waals surface area contributed by atoms with E-state index in [0.29, 0.717) is 11.8 Å². The van der Waals surface area contributed by atoms with Crippen LogP contribution < -0.4 is 20.7 Å². The molecule has 1 aromatic carbocycles. The molecule has 8 heteroatoms. The van der Waals surface area contributed by atoms with E-state index in [0.717, 1.165) is 10.6 Å². The van der Waals surface area contributed by atoms with E-state index in [1.165, 1.54) is 11.8 Å². The van der Waals surface area contributed by atoms with Crippen molar-refractivity contribution in [3.8, 4) is 11.8 Å². The van der Waals surface area contributed by atoms with E-state index in [4.69, 9.17) is 15.3 Å². The van der Waals surface area contributed by atoms with E-state index in [-0.39, 0.29) is 12.0 Å². The third kappa shape index (κ3) is 3.72. The predicted octanol–water partition coefficient (Wildman–Crippen LogP) is 1.72. The number of hydrogen-bond acceptors (Lipinski definition) is 8. The lowest BCUT2D eigenvalue weighted by molar-refractivity contribution is 0.308. The fourth-order valence-electron chi connectivity index (χ4n) is 1.41. The van der Waals surface area contributed by atoms with Gasteiger partial charge in [0.05, 0.1) is 13.7 Å². The van der Waals surface area contributed by atoms with Gasteiger partial charge in [0.2, 0.25) is 11.1 Å². The molecule has 0 spiro atoms. The third-order valence-electron chi connectivity index (χ3n) is 2.25. The Labute approximate surface area is 120 Å². The summed E-state index contributed by atoms with van der Waals surface area (Å²) in [5.74, 6) is 6.36. The molecule has 1 aromatic heterocycles. The highest BCUT2D eigenvalue weighted by Gasteiger charge is 2.08. The predicted molar refractivity (Wildman–Crippen MR) is 75.9 cm³/mol. The van der Waals surface area contributed by atoms with Gasteiger partial charge in [0.1, 0.15) is 5.75 Å². The number of hydrogen-bond donors (Lipinski definition) is 2. The van der Waals surface area contributed by atoms with Crippen LogP contribution in [0.2, 0.25) is 0 Å². The lowest BCUT2D eigenvalue weighted by Gasteiger charge is -2.07. The van der Waals surface area contributed by atoms with Crippen LogP contribution in [0.4, 0.5) is 5.95 Å². The monoisotopic (exact) mass is 293 g/mol. The Balaban J connectivity index is 2.24. The van der Waals surface area contributed by atoms with E-state index in [2.05, 4.69) is 20.4 Å². The molecule has 0 bridgehead atoms. The van der Waals surface area contributed by atoms with Crippen molar-refractivity contribution >= 4 is 17.7 Å². The Morgan fingerprint density at radius 2 is 2.15 bits per heavy atom. The molecule has 3 N–H and O–H groups in total. The van der Waals surface area contributed by atoms with Crippen LogP contribution >= 0.6 is 11.8 Å². The van der Waals surface area contributed by atoms with Crippen LogP contribution in [-0.2, 0) is 0 Å². The number of nitrogens with one attached hydrogen (secondary N) is 1. The summed E-state index contributed by atoms with van der Waals surface area (Å²) in [7, 11) is 1.62. The number of aromatic nitrogens is 3. The van der Waals surface area contributed by atoms with E-state index in [1.54, 1.807) is 7.11 Å². The number of ether oxygens (including phenoxy) is 2. The van der Waals surface area contributed by atoms with Crippen molar-refractivity contribution in [1.29, 1.82) is 0 Å². The summed E-state index contributed by atoms with van der Waals surface area (Å²) in [6, 6.07) is 7.84. The third-order valence-corrected chi connectivity index (χ3v) is 3.10. The van der Waals surface area contributed by atoms with Crippen molar-refractivity contribution < 1.29 is 9.47 Å². The van der Waals surface area contributed by atoms with Gasteiger partial charge < -0.3 is 9.47 Å². The molecular formula is C12H15N5O2S. The summed E-state index contributed by atoms with van der Waals surface area (Å²) in [6.07, 6.45) is 0. The zero-order valence-electron chi connectivity index (χ0n) is 11.2. The Kier molecular flexibility index (Phi) is 4.97. The number of hydrazine groups is 1. The number of nitrogens with zero attached hydrogens (tertiary/aromatic N) is 3. The molecule has 1 heterocycles. The first-order valence-electron chi connectivity index (χ1n) is 5.92. The molecule has 2 aromatic rings. The van der Waals surface area contributed by atoms with Gasteiger partial charge in [-0.15, -0.1) is 0 Å². The van der Waals surface area contributed by atoms with Crippen molar-refractivity contribution in [2.24, 2.45) is 5.84 Å². The molecule has 7 nitrogen and oxygen atoms in total. The topological polar surface area (TPSA) is 95.2 Å². The van der Waals surface area contributed by atoms with Crippen LogP contribution in [-0.4, -0.2) is 28.7 Å². The summed E-state index contributed by atoms with van der Waals surface area (Å²) < 4.78 is 10.5. The Bertz CT molecular complexity index is 582. The highest BCUT2D eigenvalue weighted by molar-refractivity contribution is 7.99. The highest BCUT2D eigenvalue weighted by atomic mass is 32.2. The highest BCUT2D eigenvalue weighted by Crippen LogP contribution is 2.28. The fraction of sp³-hybridized carbons (Fsp3) is 0.250. The van der Waals surface area contributed by atoms with Gasteiger partial charge in [0.25, 0.3) is 0 Å². The minimum atomic E-state index is 0.237. The normalized spacial score (nSPS) is 10.2. The Morgan fingerprint density at radius 1 is 1.30 bits per heavy atom. The quantitative estimate of drug-likeness (QED) is 0.614. The molecule has 0 atom stereocenters. The number of nitrogen functional groups attached to an aromatic ring is 1. The second kappa shape index (κ2) is 6.92. The molecule has 0 radical (unpaired) electrons. The van der Waals surface area contributed by atoms with Crippen molar-refractivity contribution in [1.82, 2.24) is 15.0 Å². The van der Waals surface area contributed by atoms with E-state index < -0.39 is 0 Å². The van der Waals surface area contributed by atoms with Gasteiger partial charge in [-0.25, -0.2) is 5.84 Å². The molecule has 0 aliphatic heterocycles. The minimum absolute atomic E-state index is 0.237. The van der Waals surface area contributed by atoms with Crippen LogP contribution in [0.3, 0.4) is 0 Å². The maximum absolute atomic E-state index is 5.34. The summed E-state index contributed by atoms with van der Waals surface area (Å²) in [6.45, 7) is 2.32. The molecule has 0 amide bonds. The summed E-state index contributed by atoms with van der Waals surface area (Å²) in [5, 5.41) is 0.490. The smallest absolute Gasteiger partial charge is 0.322 e. The zero-order valence-corrected chi connectivity index (χ0v) is 12.0. The van der Waals surface area contributed by atoms with Crippen LogP contribution in [0, 0.1) is 0 Å². The maximum Gasteiger partial charge on any atom is 0.322 e. The number of benzene rings is 1. The van der Waals surface area contributed by atoms with Crippen LogP contribution in [0.15, 0.2) is 34.3 Å². The molecular weight excluding hydrogens is 278 g/mol. The van der Waals surface area contributed by atoms with Crippen molar-refractivity contribution in [3.05, 3.63) is 24.3 Å². The largest absolute Gasteiger partial charge is 0.497 e. The van der Waals surface area contributed by atoms with E-state index in [9.17, 15) is 0 Å². The molecule has 0 aliphatic rings. The van der Waals surface area contributed by atoms with E-state index >= 15 is 0 Å². The standard InChI is InChI=1S/C12H15N5O2S/c1-3-19-11-14-10(17-13)15-12(16-11)20-9-6-4-5-8(7-9)18-2/h4-7H,3,13H2,1-2H3,(H,14,15,16,17). The second-order valence-electron chi connectivity index (χ2n) is 3.58. The van der Waals surface area contributed by atoms with Gasteiger partial charge in [-0.1, -0.05) is 6.07 Å². The van der Waals surface area contributed by atoms with Crippen LogP contribution in [0.1, 0.15) is 6.92 Å². The minimum Gasteiger partial charge on any atom is -0.497 e. The summed E-state index contributed by atoms with van der Waals surface area (Å²) >= 11 is 1.37. The van der Waals surface area contributed by atoms with E-state index in [1.807, 2.05) is 31.2 Å². The lowest BCUT2D eigenvalue weighted by atomic mass is 10.3. The van der Waals surface area contributed by atoms with Gasteiger partial charge in [-0.05, 0) is 36.9 Å². The van der Waals surface area contributed by atoms with Crippen molar-refractivity contribution in [3.63, 3.8) is 0 Å². The molecule has 2 rings (SSSR count). The Hall–Kier alpha value is -2.06. The SMILES string of the molecule is CCOc1nc(NN)nc(Sc2cccc(OC)c2)n1. The van der Waals surface area contributed by atoms with Crippen LogP contribution in [0.5, 0.6) is 11.8 Å².